The molecule has 4 rings (SSSR count). The largest absolute Gasteiger partial charge is 0.488 e. The Kier molecular flexibility index (Phi) is 10.1. The number of sulfonamides is 1. The number of anilines is 1. The maximum Gasteiger partial charge on any atom is 0.261 e. The number of rotatable bonds is 9. The molecular weight excluding hydrogens is 526 g/mol. The first kappa shape index (κ1) is 30.3. The van der Waals surface area contributed by atoms with Gasteiger partial charge in [0.05, 0.1) is 24.0 Å². The molecule has 2 aromatic rings. The summed E-state index contributed by atoms with van der Waals surface area (Å²) < 4.78 is 35.3. The fourth-order valence-electron chi connectivity index (χ4n) is 5.83. The number of carbonyl (C=O) groups excluding carboxylic acids is 1. The molecule has 1 amide bonds. The quantitative estimate of drug-likeness (QED) is 0.461. The minimum atomic E-state index is -3.80. The molecule has 1 aliphatic carbocycles. The summed E-state index contributed by atoms with van der Waals surface area (Å²) in [6.07, 6.45) is 6.34. The number of nitrogens with one attached hydrogen (secondary N) is 1. The highest BCUT2D eigenvalue weighted by Crippen LogP contribution is 2.31. The summed E-state index contributed by atoms with van der Waals surface area (Å²) in [6, 6.07) is 11.5. The zero-order valence-corrected chi connectivity index (χ0v) is 25.1. The number of nitrogens with zero attached hydrogens (tertiary/aromatic N) is 2. The first-order valence-electron chi connectivity index (χ1n) is 14.5. The average Bonchev–Trinajstić information content (AvgIpc) is 2.96. The molecule has 0 aromatic heterocycles. The van der Waals surface area contributed by atoms with Crippen molar-refractivity contribution in [3.63, 3.8) is 0 Å². The van der Waals surface area contributed by atoms with Gasteiger partial charge in [-0.05, 0) is 70.0 Å². The van der Waals surface area contributed by atoms with Gasteiger partial charge >= 0.3 is 0 Å². The molecule has 40 heavy (non-hydrogen) atoms. The van der Waals surface area contributed by atoms with Crippen LogP contribution in [0.1, 0.15) is 57.1 Å². The average molecular weight is 572 g/mol. The number of carbonyl (C=O) groups is 1. The van der Waals surface area contributed by atoms with Crippen LogP contribution >= 0.6 is 0 Å². The van der Waals surface area contributed by atoms with E-state index in [1.807, 2.05) is 13.8 Å². The molecule has 220 valence electrons. The van der Waals surface area contributed by atoms with Crippen LogP contribution in [-0.4, -0.2) is 74.7 Å². The van der Waals surface area contributed by atoms with Crippen molar-refractivity contribution in [1.82, 2.24) is 9.80 Å². The van der Waals surface area contributed by atoms with E-state index in [0.717, 1.165) is 12.1 Å². The van der Waals surface area contributed by atoms with Gasteiger partial charge in [0.2, 0.25) is 5.91 Å². The lowest BCUT2D eigenvalue weighted by Crippen LogP contribution is -2.48. The number of benzene rings is 2. The normalized spacial score (nSPS) is 21.6. The summed E-state index contributed by atoms with van der Waals surface area (Å²) in [5, 5.41) is 9.90. The molecule has 2 aliphatic rings. The van der Waals surface area contributed by atoms with Crippen molar-refractivity contribution in [2.45, 2.75) is 76.3 Å². The van der Waals surface area contributed by atoms with Crippen LogP contribution in [0.2, 0.25) is 0 Å². The molecule has 1 fully saturated rings. The maximum atomic E-state index is 13.5. The summed E-state index contributed by atoms with van der Waals surface area (Å²) >= 11 is 0. The number of aryl methyl sites for hydroxylation is 1. The fourth-order valence-corrected chi connectivity index (χ4v) is 6.88. The van der Waals surface area contributed by atoms with Crippen LogP contribution in [0, 0.1) is 18.8 Å². The Hall–Kier alpha value is -2.62. The van der Waals surface area contributed by atoms with Gasteiger partial charge < -0.3 is 19.6 Å². The van der Waals surface area contributed by atoms with Gasteiger partial charge in [-0.2, -0.15) is 0 Å². The van der Waals surface area contributed by atoms with E-state index in [0.29, 0.717) is 36.0 Å². The number of fused-ring (bicyclic) bond motifs is 1. The first-order valence-corrected chi connectivity index (χ1v) is 16.0. The van der Waals surface area contributed by atoms with Crippen molar-refractivity contribution in [2.75, 3.05) is 38.0 Å². The van der Waals surface area contributed by atoms with Crippen LogP contribution in [0.25, 0.3) is 0 Å². The van der Waals surface area contributed by atoms with Crippen LogP contribution in [-0.2, 0) is 21.2 Å². The molecule has 0 spiro atoms. The number of likely N-dealkylation sites (N-methyl/N-ethyl adjacent to an activating group) is 1. The Labute approximate surface area is 239 Å². The Bertz CT molecular complexity index is 1240. The molecule has 9 heteroatoms. The van der Waals surface area contributed by atoms with E-state index in [9.17, 15) is 18.3 Å². The Morgan fingerprint density at radius 3 is 2.48 bits per heavy atom. The molecule has 1 aliphatic heterocycles. The van der Waals surface area contributed by atoms with E-state index >= 15 is 0 Å². The zero-order valence-electron chi connectivity index (χ0n) is 24.3. The third-order valence-electron chi connectivity index (χ3n) is 8.29. The molecule has 1 saturated carbocycles. The summed E-state index contributed by atoms with van der Waals surface area (Å²) in [7, 11) is -1.66. The third-order valence-corrected chi connectivity index (χ3v) is 9.68. The van der Waals surface area contributed by atoms with Gasteiger partial charge in [0, 0.05) is 36.8 Å². The first-order chi connectivity index (χ1) is 19.1. The summed E-state index contributed by atoms with van der Waals surface area (Å²) in [5.74, 6) is 1.20. The van der Waals surface area contributed by atoms with Crippen LogP contribution in [0.15, 0.2) is 47.4 Å². The lowest BCUT2D eigenvalue weighted by atomic mass is 9.89. The van der Waals surface area contributed by atoms with E-state index < -0.39 is 10.0 Å². The topological polar surface area (TPSA) is 99.2 Å². The highest BCUT2D eigenvalue weighted by molar-refractivity contribution is 7.92. The predicted molar refractivity (Wildman–Crippen MR) is 158 cm³/mol. The van der Waals surface area contributed by atoms with Gasteiger partial charge in [0.25, 0.3) is 10.0 Å². The second-order valence-electron chi connectivity index (χ2n) is 11.9. The second kappa shape index (κ2) is 13.4. The highest BCUT2D eigenvalue weighted by Gasteiger charge is 2.31. The maximum absolute atomic E-state index is 13.5. The van der Waals surface area contributed by atoms with Gasteiger partial charge in [0.15, 0.2) is 0 Å². The summed E-state index contributed by atoms with van der Waals surface area (Å²) in [5.41, 5.74) is 1.97. The smallest absolute Gasteiger partial charge is 0.261 e. The number of aliphatic hydroxyl groups is 1. The van der Waals surface area contributed by atoms with E-state index in [-0.39, 0.29) is 41.9 Å². The highest BCUT2D eigenvalue weighted by atomic mass is 32.2. The number of aliphatic hydroxyl groups excluding tert-OH is 1. The molecule has 8 nitrogen and oxygen atoms in total. The minimum absolute atomic E-state index is 0.0254. The van der Waals surface area contributed by atoms with Crippen LogP contribution in [0.4, 0.5) is 5.69 Å². The second-order valence-corrected chi connectivity index (χ2v) is 13.5. The van der Waals surface area contributed by atoms with Gasteiger partial charge in [-0.15, -0.1) is 0 Å². The molecule has 2 N–H and O–H groups in total. The van der Waals surface area contributed by atoms with E-state index in [2.05, 4.69) is 23.6 Å². The Morgan fingerprint density at radius 2 is 1.80 bits per heavy atom. The molecule has 0 radical (unpaired) electrons. The summed E-state index contributed by atoms with van der Waals surface area (Å²) in [6.45, 7) is 7.93. The van der Waals surface area contributed by atoms with Crippen LogP contribution < -0.4 is 9.46 Å². The third kappa shape index (κ3) is 7.77. The zero-order chi connectivity index (χ0) is 28.9. The standard InChI is InChI=1S/C31H45N3O5S/c1-22-10-13-28(14-11-22)40(37,38)32-27-12-15-29-26(16-27)17-31(36)34(24(3)21-35)18-23(2)30(39-29)20-33(4)19-25-8-6-5-7-9-25/h10-16,23-25,30,32,35H,5-9,17-21H2,1-4H3/t23-,24+,30-/m1/s1. The van der Waals surface area contributed by atoms with Crippen molar-refractivity contribution in [3.8, 4) is 5.75 Å². The minimum Gasteiger partial charge on any atom is -0.488 e. The van der Waals surface area contributed by atoms with Crippen LogP contribution in [0.3, 0.4) is 0 Å². The number of hydrogen-bond donors (Lipinski definition) is 2. The molecule has 1 heterocycles. The Balaban J connectivity index is 1.60. The molecule has 0 saturated heterocycles. The number of ether oxygens (including phenoxy) is 1. The van der Waals surface area contributed by atoms with Crippen LogP contribution in [0.5, 0.6) is 5.75 Å². The SMILES string of the molecule is Cc1ccc(S(=O)(=O)Nc2ccc3c(c2)CC(=O)N([C@@H](C)CO)C[C@@H](C)[C@@H](CN(C)CC2CCCCC2)O3)cc1. The predicted octanol–water partition coefficient (Wildman–Crippen LogP) is 4.46. The molecule has 0 unspecified atom stereocenters. The molecular formula is C31H45N3O5S. The van der Waals surface area contributed by atoms with Gasteiger partial charge in [-0.3, -0.25) is 9.52 Å². The molecule has 0 bridgehead atoms. The number of amides is 1. The molecule has 2 aromatic carbocycles. The van der Waals surface area contributed by atoms with Crippen molar-refractivity contribution >= 4 is 21.6 Å². The van der Waals surface area contributed by atoms with Gasteiger partial charge in [0.1, 0.15) is 11.9 Å². The van der Waals surface area contributed by atoms with E-state index in [1.54, 1.807) is 47.4 Å². The van der Waals surface area contributed by atoms with Gasteiger partial charge in [-0.1, -0.05) is 43.9 Å². The Morgan fingerprint density at radius 1 is 1.10 bits per heavy atom. The lowest BCUT2D eigenvalue weighted by Gasteiger charge is -2.35. The van der Waals surface area contributed by atoms with E-state index in [1.165, 1.54) is 32.1 Å². The molecule has 3 atom stereocenters. The van der Waals surface area contributed by atoms with Crippen molar-refractivity contribution in [2.24, 2.45) is 11.8 Å². The van der Waals surface area contributed by atoms with Crippen molar-refractivity contribution in [3.05, 3.63) is 53.6 Å². The fraction of sp³-hybridized carbons (Fsp3) is 0.581. The van der Waals surface area contributed by atoms with Gasteiger partial charge in [-0.25, -0.2) is 8.42 Å². The van der Waals surface area contributed by atoms with Crippen molar-refractivity contribution < 1.29 is 23.1 Å². The number of hydrogen-bond acceptors (Lipinski definition) is 6. The van der Waals surface area contributed by atoms with E-state index in [4.69, 9.17) is 4.74 Å². The van der Waals surface area contributed by atoms with Crippen molar-refractivity contribution in [1.29, 1.82) is 0 Å². The monoisotopic (exact) mass is 571 g/mol. The lowest BCUT2D eigenvalue weighted by molar-refractivity contribution is -0.134. The summed E-state index contributed by atoms with van der Waals surface area (Å²) in [4.78, 5) is 17.7.